The van der Waals surface area contributed by atoms with Gasteiger partial charge in [-0.25, -0.2) is 0 Å². The maximum Gasteiger partial charge on any atom is 0.133 e. The summed E-state index contributed by atoms with van der Waals surface area (Å²) >= 11 is 3.55. The van der Waals surface area contributed by atoms with Crippen molar-refractivity contribution < 1.29 is 34.3 Å². The van der Waals surface area contributed by atoms with Gasteiger partial charge in [-0.3, -0.25) is 4.90 Å². The van der Waals surface area contributed by atoms with E-state index in [1.165, 1.54) is 12.0 Å². The van der Waals surface area contributed by atoms with Crippen LogP contribution in [-0.2, 0) is 11.3 Å². The van der Waals surface area contributed by atoms with E-state index in [-0.39, 0.29) is 24.8 Å². The molecule has 2 rings (SSSR count). The molecule has 1 aliphatic heterocycles. The predicted octanol–water partition coefficient (Wildman–Crippen LogP) is -3.33. The maximum atomic E-state index is 5.52. The van der Waals surface area contributed by atoms with E-state index in [1.54, 1.807) is 0 Å². The van der Waals surface area contributed by atoms with Crippen LogP contribution in [0, 0.1) is 0 Å². The molecule has 4 nitrogen and oxygen atoms in total. The smallest absolute Gasteiger partial charge is 0.133 e. The van der Waals surface area contributed by atoms with Crippen LogP contribution in [0.3, 0.4) is 0 Å². The van der Waals surface area contributed by atoms with Crippen molar-refractivity contribution in [2.75, 3.05) is 46.0 Å². The third kappa shape index (κ3) is 8.57. The molecular formula is C16H25BrCl2N2O2-2. The van der Waals surface area contributed by atoms with Crippen LogP contribution in [0.1, 0.15) is 18.9 Å². The molecule has 0 saturated carbocycles. The Labute approximate surface area is 160 Å². The molecule has 0 aromatic heterocycles. The molecule has 1 N–H and O–H groups in total. The summed E-state index contributed by atoms with van der Waals surface area (Å²) in [5.74, 6) is 0.911. The fraction of sp³-hybridized carbons (Fsp3) is 0.625. The lowest BCUT2D eigenvalue weighted by atomic mass is 10.2. The lowest BCUT2D eigenvalue weighted by molar-refractivity contribution is -0.001000. The van der Waals surface area contributed by atoms with Gasteiger partial charge in [0, 0.05) is 19.6 Å². The number of benzene rings is 1. The Bertz CT molecular complexity index is 433. The minimum atomic E-state index is 0. The fourth-order valence-electron chi connectivity index (χ4n) is 2.41. The van der Waals surface area contributed by atoms with Crippen LogP contribution in [0.15, 0.2) is 22.7 Å². The number of ether oxygens (including phenoxy) is 2. The molecule has 0 spiro atoms. The van der Waals surface area contributed by atoms with Gasteiger partial charge in [-0.05, 0) is 60.1 Å². The van der Waals surface area contributed by atoms with Gasteiger partial charge in [0.05, 0.1) is 24.3 Å². The van der Waals surface area contributed by atoms with Crippen molar-refractivity contribution in [2.45, 2.75) is 19.9 Å². The van der Waals surface area contributed by atoms with Crippen LogP contribution in [0.4, 0.5) is 0 Å². The molecule has 1 aromatic carbocycles. The molecule has 23 heavy (non-hydrogen) atoms. The first-order valence-corrected chi connectivity index (χ1v) is 8.51. The highest BCUT2D eigenvalue weighted by molar-refractivity contribution is 9.10. The molecule has 1 heterocycles. The third-order valence-electron chi connectivity index (χ3n) is 3.56. The number of morpholine rings is 1. The van der Waals surface area contributed by atoms with Crippen LogP contribution in [0.5, 0.6) is 5.75 Å². The Kier molecular flexibility index (Phi) is 13.3. The topological polar surface area (TPSA) is 33.7 Å². The van der Waals surface area contributed by atoms with E-state index in [2.05, 4.69) is 38.3 Å². The quantitative estimate of drug-likeness (QED) is 0.440. The number of rotatable bonds is 8. The molecule has 7 heteroatoms. The van der Waals surface area contributed by atoms with Crippen LogP contribution in [-0.4, -0.2) is 50.9 Å². The minimum Gasteiger partial charge on any atom is -1.00 e. The molecule has 0 radical (unpaired) electrons. The first-order chi connectivity index (χ1) is 10.3. The number of hydrogen-bond donors (Lipinski definition) is 1. The monoisotopic (exact) mass is 426 g/mol. The zero-order valence-corrected chi connectivity index (χ0v) is 16.6. The summed E-state index contributed by atoms with van der Waals surface area (Å²) in [6.45, 7) is 9.70. The molecule has 134 valence electrons. The Morgan fingerprint density at radius 3 is 2.65 bits per heavy atom. The first-order valence-electron chi connectivity index (χ1n) is 7.71. The molecule has 1 aromatic rings. The fourth-order valence-corrected chi connectivity index (χ4v) is 2.95. The summed E-state index contributed by atoms with van der Waals surface area (Å²) in [7, 11) is 0. The van der Waals surface area contributed by atoms with Gasteiger partial charge < -0.3 is 39.6 Å². The molecule has 1 aliphatic rings. The SMILES string of the molecule is CCOc1ccc(CNCCCN2CCOCC2)cc1Br.[Cl-].[Cl-]. The normalized spacial score (nSPS) is 14.7. The van der Waals surface area contributed by atoms with Gasteiger partial charge in [0.25, 0.3) is 0 Å². The van der Waals surface area contributed by atoms with E-state index < -0.39 is 0 Å². The number of nitrogens with one attached hydrogen (secondary N) is 1. The summed E-state index contributed by atoms with van der Waals surface area (Å²) in [6, 6.07) is 6.27. The van der Waals surface area contributed by atoms with E-state index in [0.29, 0.717) is 6.61 Å². The highest BCUT2D eigenvalue weighted by Gasteiger charge is 2.09. The van der Waals surface area contributed by atoms with Gasteiger partial charge in [0.2, 0.25) is 0 Å². The van der Waals surface area contributed by atoms with Gasteiger partial charge in [0.1, 0.15) is 5.75 Å². The summed E-state index contributed by atoms with van der Waals surface area (Å²) in [5, 5.41) is 3.50. The van der Waals surface area contributed by atoms with Crippen molar-refractivity contribution in [3.8, 4) is 5.75 Å². The van der Waals surface area contributed by atoms with E-state index in [0.717, 1.165) is 56.2 Å². The van der Waals surface area contributed by atoms with Gasteiger partial charge >= 0.3 is 0 Å². The third-order valence-corrected chi connectivity index (χ3v) is 4.18. The summed E-state index contributed by atoms with van der Waals surface area (Å²) in [5.41, 5.74) is 1.27. The van der Waals surface area contributed by atoms with E-state index in [1.807, 2.05) is 13.0 Å². The van der Waals surface area contributed by atoms with Crippen LogP contribution < -0.4 is 34.9 Å². The number of halogens is 3. The standard InChI is InChI=1S/C16H25BrN2O2.2ClH/c1-2-21-16-5-4-14(12-15(16)17)13-18-6-3-7-19-8-10-20-11-9-19;;/h4-5,12,18H,2-3,6-11,13H2,1H3;2*1H/p-2. The molecule has 0 bridgehead atoms. The van der Waals surface area contributed by atoms with Gasteiger partial charge in [0.15, 0.2) is 0 Å². The van der Waals surface area contributed by atoms with Crippen molar-refractivity contribution in [1.82, 2.24) is 10.2 Å². The van der Waals surface area contributed by atoms with Crippen molar-refractivity contribution in [3.05, 3.63) is 28.2 Å². The zero-order valence-electron chi connectivity index (χ0n) is 13.5. The molecule has 1 fully saturated rings. The lowest BCUT2D eigenvalue weighted by Gasteiger charge is -2.26. The summed E-state index contributed by atoms with van der Waals surface area (Å²) in [4.78, 5) is 2.47. The molecule has 0 amide bonds. The second-order valence-electron chi connectivity index (χ2n) is 5.18. The van der Waals surface area contributed by atoms with Crippen LogP contribution in [0.2, 0.25) is 0 Å². The largest absolute Gasteiger partial charge is 1.00 e. The average Bonchev–Trinajstić information content (AvgIpc) is 2.51. The highest BCUT2D eigenvalue weighted by Crippen LogP contribution is 2.25. The summed E-state index contributed by atoms with van der Waals surface area (Å²) in [6.07, 6.45) is 1.18. The molecule has 1 saturated heterocycles. The minimum absolute atomic E-state index is 0. The Balaban J connectivity index is 0.00000242. The van der Waals surface area contributed by atoms with E-state index in [4.69, 9.17) is 9.47 Å². The van der Waals surface area contributed by atoms with E-state index in [9.17, 15) is 0 Å². The second kappa shape index (κ2) is 13.3. The highest BCUT2D eigenvalue weighted by atomic mass is 79.9. The van der Waals surface area contributed by atoms with Crippen molar-refractivity contribution >= 4 is 15.9 Å². The van der Waals surface area contributed by atoms with Gasteiger partial charge in [-0.1, -0.05) is 6.07 Å². The lowest BCUT2D eigenvalue weighted by Crippen LogP contribution is -3.00. The average molecular weight is 428 g/mol. The molecule has 0 aliphatic carbocycles. The van der Waals surface area contributed by atoms with Crippen molar-refractivity contribution in [1.29, 1.82) is 0 Å². The summed E-state index contributed by atoms with van der Waals surface area (Å²) < 4.78 is 11.9. The van der Waals surface area contributed by atoms with Gasteiger partial charge in [-0.2, -0.15) is 0 Å². The Hall–Kier alpha value is -0.0400. The van der Waals surface area contributed by atoms with Crippen LogP contribution >= 0.6 is 15.9 Å². The molecular weight excluding hydrogens is 403 g/mol. The van der Waals surface area contributed by atoms with Crippen molar-refractivity contribution in [2.24, 2.45) is 0 Å². The maximum absolute atomic E-state index is 5.52. The Morgan fingerprint density at radius 1 is 1.26 bits per heavy atom. The van der Waals surface area contributed by atoms with E-state index >= 15 is 0 Å². The Morgan fingerprint density at radius 2 is 2.00 bits per heavy atom. The number of hydrogen-bond acceptors (Lipinski definition) is 4. The predicted molar refractivity (Wildman–Crippen MR) is 88.9 cm³/mol. The molecule has 0 unspecified atom stereocenters. The van der Waals surface area contributed by atoms with Crippen LogP contribution in [0.25, 0.3) is 0 Å². The molecule has 0 atom stereocenters. The zero-order chi connectivity index (χ0) is 14.9. The second-order valence-corrected chi connectivity index (χ2v) is 6.04. The van der Waals surface area contributed by atoms with Gasteiger partial charge in [-0.15, -0.1) is 0 Å². The first kappa shape index (κ1) is 23.0. The van der Waals surface area contributed by atoms with Crippen molar-refractivity contribution in [3.63, 3.8) is 0 Å². The number of nitrogens with zero attached hydrogens (tertiary/aromatic N) is 1.